The number of hydrogen-bond donors (Lipinski definition) is 5. The molecule has 0 spiro atoms. The van der Waals surface area contributed by atoms with E-state index in [1.54, 1.807) is 0 Å². The highest BCUT2D eigenvalue weighted by atomic mass is 16.6. The van der Waals surface area contributed by atoms with Crippen LogP contribution in [0.4, 0.5) is 5.82 Å². The maximum absolute atomic E-state index is 11.7. The number of pyridine rings is 1. The molecule has 6 N–H and O–H groups in total. The highest BCUT2D eigenvalue weighted by Crippen LogP contribution is 2.31. The van der Waals surface area contributed by atoms with Gasteiger partial charge in [0.15, 0.2) is 11.7 Å². The highest BCUT2D eigenvalue weighted by Gasteiger charge is 2.43. The molecule has 2 aromatic rings. The van der Waals surface area contributed by atoms with Crippen LogP contribution in [0.2, 0.25) is 0 Å². The highest BCUT2D eigenvalue weighted by molar-refractivity contribution is 5.76. The Balaban J connectivity index is 2.09. The zero-order valence-electron chi connectivity index (χ0n) is 10.3. The van der Waals surface area contributed by atoms with Crippen LogP contribution >= 0.6 is 0 Å². The molecule has 9 heteroatoms. The van der Waals surface area contributed by atoms with E-state index < -0.39 is 36.7 Å². The smallest absolute Gasteiger partial charge is 0.277 e. The molecule has 108 valence electrons. The van der Waals surface area contributed by atoms with Crippen molar-refractivity contribution < 1.29 is 20.1 Å². The van der Waals surface area contributed by atoms with Crippen molar-refractivity contribution in [1.29, 1.82) is 0 Å². The fourth-order valence-electron chi connectivity index (χ4n) is 2.37. The van der Waals surface area contributed by atoms with E-state index in [9.17, 15) is 15.0 Å². The monoisotopic (exact) mass is 282 g/mol. The van der Waals surface area contributed by atoms with E-state index in [2.05, 4.69) is 9.97 Å². The number of hydrogen-bond acceptors (Lipinski definition) is 7. The van der Waals surface area contributed by atoms with Crippen molar-refractivity contribution >= 4 is 16.9 Å². The van der Waals surface area contributed by atoms with Gasteiger partial charge in [-0.05, 0) is 0 Å². The van der Waals surface area contributed by atoms with Gasteiger partial charge >= 0.3 is 0 Å². The van der Waals surface area contributed by atoms with Crippen molar-refractivity contribution in [3.8, 4) is 0 Å². The molecule has 1 aliphatic rings. The Kier molecular flexibility index (Phi) is 2.98. The number of nitrogen functional groups attached to an aromatic ring is 1. The number of imidazole rings is 1. The summed E-state index contributed by atoms with van der Waals surface area (Å²) in [5.74, 6) is 0.149. The molecule has 1 saturated heterocycles. The molecular weight excluding hydrogens is 268 g/mol. The van der Waals surface area contributed by atoms with E-state index in [4.69, 9.17) is 15.6 Å². The van der Waals surface area contributed by atoms with Crippen LogP contribution in [0.1, 0.15) is 6.23 Å². The first-order valence-electron chi connectivity index (χ1n) is 6.00. The van der Waals surface area contributed by atoms with Gasteiger partial charge in [0.1, 0.15) is 24.1 Å². The molecule has 0 amide bonds. The summed E-state index contributed by atoms with van der Waals surface area (Å²) in [5, 5.41) is 28.8. The second kappa shape index (κ2) is 4.56. The van der Waals surface area contributed by atoms with E-state index in [-0.39, 0.29) is 11.3 Å². The molecule has 1 fully saturated rings. The number of nitrogens with one attached hydrogen (secondary N) is 1. The molecule has 1 aliphatic heterocycles. The summed E-state index contributed by atoms with van der Waals surface area (Å²) in [7, 11) is 0. The molecule has 0 radical (unpaired) electrons. The zero-order chi connectivity index (χ0) is 14.4. The van der Waals surface area contributed by atoms with Gasteiger partial charge in [0.25, 0.3) is 5.56 Å². The Bertz CT molecular complexity index is 696. The molecule has 2 unspecified atom stereocenters. The topological polar surface area (TPSA) is 147 Å². The van der Waals surface area contributed by atoms with Crippen LogP contribution in [0, 0.1) is 0 Å². The average Bonchev–Trinajstić information content (AvgIpc) is 2.93. The normalized spacial score (nSPS) is 30.1. The number of ether oxygens (including phenoxy) is 1. The number of H-pyrrole nitrogens is 1. The fourth-order valence-corrected chi connectivity index (χ4v) is 2.37. The Labute approximate surface area is 112 Å². The summed E-state index contributed by atoms with van der Waals surface area (Å²) in [6.45, 7) is -0.427. The van der Waals surface area contributed by atoms with Gasteiger partial charge in [-0.1, -0.05) is 0 Å². The summed E-state index contributed by atoms with van der Waals surface area (Å²) in [5.41, 5.74) is 5.65. The second-order valence-electron chi connectivity index (χ2n) is 4.67. The van der Waals surface area contributed by atoms with Crippen molar-refractivity contribution in [1.82, 2.24) is 14.5 Å². The lowest BCUT2D eigenvalue weighted by molar-refractivity contribution is -0.0508. The lowest BCUT2D eigenvalue weighted by atomic mass is 10.1. The molecule has 2 aromatic heterocycles. The summed E-state index contributed by atoms with van der Waals surface area (Å²) in [6.07, 6.45) is -2.99. The summed E-state index contributed by atoms with van der Waals surface area (Å²) >= 11 is 0. The van der Waals surface area contributed by atoms with E-state index in [1.165, 1.54) is 17.0 Å². The van der Waals surface area contributed by atoms with Crippen LogP contribution in [0.5, 0.6) is 0 Å². The van der Waals surface area contributed by atoms with Gasteiger partial charge in [0.05, 0.1) is 18.5 Å². The minimum Gasteiger partial charge on any atom is -0.394 e. The molecule has 0 aliphatic carbocycles. The molecule has 0 saturated carbocycles. The van der Waals surface area contributed by atoms with Crippen LogP contribution in [-0.4, -0.2) is 54.8 Å². The average molecular weight is 282 g/mol. The zero-order valence-corrected chi connectivity index (χ0v) is 10.3. The van der Waals surface area contributed by atoms with Crippen LogP contribution in [0.15, 0.2) is 17.2 Å². The fraction of sp³-hybridized carbons (Fsp3) is 0.455. The first-order valence-corrected chi connectivity index (χ1v) is 6.00. The lowest BCUT2D eigenvalue weighted by Gasteiger charge is -2.17. The lowest BCUT2D eigenvalue weighted by Crippen LogP contribution is -2.33. The van der Waals surface area contributed by atoms with Crippen LogP contribution in [0.3, 0.4) is 0 Å². The molecule has 3 heterocycles. The van der Waals surface area contributed by atoms with Crippen LogP contribution in [-0.2, 0) is 4.74 Å². The Morgan fingerprint density at radius 3 is 2.85 bits per heavy atom. The number of aromatic amines is 1. The number of aliphatic hydroxyl groups excluding tert-OH is 3. The number of nitrogens with zero attached hydrogens (tertiary/aromatic N) is 2. The molecule has 20 heavy (non-hydrogen) atoms. The van der Waals surface area contributed by atoms with Crippen molar-refractivity contribution in [3.63, 3.8) is 0 Å². The molecular formula is C11H14N4O5. The molecule has 4 atom stereocenters. The van der Waals surface area contributed by atoms with Gasteiger partial charge in [-0.2, -0.15) is 0 Å². The van der Waals surface area contributed by atoms with Crippen LogP contribution in [0.25, 0.3) is 11.0 Å². The predicted molar refractivity (Wildman–Crippen MR) is 67.8 cm³/mol. The second-order valence-corrected chi connectivity index (χ2v) is 4.67. The third-order valence-electron chi connectivity index (χ3n) is 3.39. The van der Waals surface area contributed by atoms with Gasteiger partial charge in [-0.3, -0.25) is 4.79 Å². The van der Waals surface area contributed by atoms with Crippen LogP contribution < -0.4 is 11.3 Å². The van der Waals surface area contributed by atoms with Gasteiger partial charge in [0.2, 0.25) is 0 Å². The minimum absolute atomic E-state index is 0.149. The molecule has 0 bridgehead atoms. The van der Waals surface area contributed by atoms with E-state index in [0.29, 0.717) is 5.52 Å². The number of fused-ring (bicyclic) bond motifs is 1. The summed E-state index contributed by atoms with van der Waals surface area (Å²) in [6, 6.07) is 1.48. The van der Waals surface area contributed by atoms with E-state index in [0.717, 1.165) is 0 Å². The Morgan fingerprint density at radius 1 is 1.45 bits per heavy atom. The first kappa shape index (κ1) is 13.1. The van der Waals surface area contributed by atoms with Crippen molar-refractivity contribution in [2.75, 3.05) is 12.3 Å². The summed E-state index contributed by atoms with van der Waals surface area (Å²) in [4.78, 5) is 18.0. The molecule has 0 aromatic carbocycles. The van der Waals surface area contributed by atoms with Crippen molar-refractivity contribution in [3.05, 3.63) is 22.7 Å². The maximum Gasteiger partial charge on any atom is 0.277 e. The Hall–Kier alpha value is -1.94. The third-order valence-corrected chi connectivity index (χ3v) is 3.39. The Morgan fingerprint density at radius 2 is 2.20 bits per heavy atom. The number of anilines is 1. The van der Waals surface area contributed by atoms with Gasteiger partial charge < -0.3 is 35.3 Å². The van der Waals surface area contributed by atoms with Gasteiger partial charge in [-0.25, -0.2) is 4.98 Å². The predicted octanol–water partition coefficient (Wildman–Crippen LogP) is -2.08. The van der Waals surface area contributed by atoms with Crippen molar-refractivity contribution in [2.45, 2.75) is 24.5 Å². The quantitative estimate of drug-likeness (QED) is 0.424. The van der Waals surface area contributed by atoms with Crippen molar-refractivity contribution in [2.24, 2.45) is 0 Å². The number of rotatable bonds is 2. The number of nitrogens with two attached hydrogens (primary N) is 1. The standard InChI is InChI=1S/C11H14N4O5/c12-6-1-4-7(10(19)14-6)13-3-15(4)11-9(18)8(17)5(2-16)20-11/h1,3,5,8-9,11,16-18H,2H2,(H3,12,14,19)/t5-,8?,9?,11-/m1/s1. The molecule has 3 rings (SSSR count). The number of aromatic nitrogens is 3. The van der Waals surface area contributed by atoms with Gasteiger partial charge in [0, 0.05) is 6.07 Å². The first-order chi connectivity index (χ1) is 9.52. The third kappa shape index (κ3) is 1.79. The molecule has 9 nitrogen and oxygen atoms in total. The maximum atomic E-state index is 11.7. The SMILES string of the molecule is Nc1cc2c(ncn2[C@@H]2O[C@H](CO)C(O)C2O)c(=O)[nH]1. The largest absolute Gasteiger partial charge is 0.394 e. The minimum atomic E-state index is -1.25. The van der Waals surface area contributed by atoms with E-state index in [1.807, 2.05) is 0 Å². The van der Waals surface area contributed by atoms with Gasteiger partial charge in [-0.15, -0.1) is 0 Å². The number of aliphatic hydroxyl groups is 3. The van der Waals surface area contributed by atoms with E-state index >= 15 is 0 Å². The summed E-state index contributed by atoms with van der Waals surface area (Å²) < 4.78 is 6.79.